The molecule has 65 heavy (non-hydrogen) atoms. The number of anilines is 3. The quantitative estimate of drug-likeness (QED) is 0.154. The van der Waals surface area contributed by atoms with Gasteiger partial charge in [-0.1, -0.05) is 206 Å². The summed E-state index contributed by atoms with van der Waals surface area (Å²) < 4.78 is 2.69. The fourth-order valence-corrected chi connectivity index (χ4v) is 12.1. The highest BCUT2D eigenvalue weighted by Gasteiger charge is 2.47. The third kappa shape index (κ3) is 5.85. The minimum absolute atomic E-state index is 0.484. The number of nitrogens with zero attached hydrogens (tertiary/aromatic N) is 1. The molecule has 1 nitrogen and oxygen atoms in total. The fraction of sp³-hybridized carbons (Fsp3) is 0.0159. The van der Waals surface area contributed by atoms with Crippen LogP contribution in [0.2, 0.25) is 0 Å². The van der Waals surface area contributed by atoms with Crippen molar-refractivity contribution in [2.75, 3.05) is 4.90 Å². The number of thiophene rings is 1. The van der Waals surface area contributed by atoms with E-state index in [9.17, 15) is 0 Å². The largest absolute Gasteiger partial charge is 0.310 e. The van der Waals surface area contributed by atoms with Gasteiger partial charge in [0, 0.05) is 42.5 Å². The lowest BCUT2D eigenvalue weighted by Gasteiger charge is -2.34. The van der Waals surface area contributed by atoms with Crippen LogP contribution in [0, 0.1) is 0 Å². The summed E-state index contributed by atoms with van der Waals surface area (Å²) in [5.74, 6) is 0. The summed E-state index contributed by atoms with van der Waals surface area (Å²) in [6.07, 6.45) is 0. The van der Waals surface area contributed by atoms with Crippen LogP contribution in [0.1, 0.15) is 22.3 Å². The van der Waals surface area contributed by atoms with Crippen LogP contribution in [-0.4, -0.2) is 0 Å². The van der Waals surface area contributed by atoms with Crippen LogP contribution in [0.15, 0.2) is 249 Å². The van der Waals surface area contributed by atoms with E-state index in [0.29, 0.717) is 0 Å². The van der Waals surface area contributed by atoms with E-state index in [0.717, 1.165) is 17.1 Å². The Morgan fingerprint density at radius 1 is 0.338 bits per heavy atom. The van der Waals surface area contributed by atoms with E-state index >= 15 is 0 Å². The molecule has 1 unspecified atom stereocenters. The summed E-state index contributed by atoms with van der Waals surface area (Å²) in [4.78, 5) is 2.39. The number of hydrogen-bond donors (Lipinski definition) is 0. The van der Waals surface area contributed by atoms with Crippen molar-refractivity contribution in [3.8, 4) is 33.4 Å². The summed E-state index contributed by atoms with van der Waals surface area (Å²) in [5, 5.41) is 7.58. The molecule has 1 aromatic heterocycles. The number of para-hydroxylation sites is 1. The second kappa shape index (κ2) is 15.1. The van der Waals surface area contributed by atoms with E-state index in [1.54, 1.807) is 0 Å². The standard InChI is InChI=1S/C63H41NS/c1-3-17-47(18-4-1)63(57-26-11-9-22-56(57)61-58(63)40-39-55-54-21-10-12-28-60(54)65-62(55)61)48-35-31-44(32-36-48)51-23-13-25-53-52(51)24-14-27-59(53)64(49-19-5-2-6-20-49)50-37-33-43(34-38-50)46-30-29-42-15-7-8-16-45(42)41-46/h1-41H. The van der Waals surface area contributed by atoms with Gasteiger partial charge in [-0.3, -0.25) is 0 Å². The Kier molecular flexibility index (Phi) is 8.69. The summed E-state index contributed by atoms with van der Waals surface area (Å²) in [5.41, 5.74) is 15.6. The van der Waals surface area contributed by atoms with E-state index in [1.807, 2.05) is 11.3 Å². The number of benzene rings is 11. The molecule has 304 valence electrons. The van der Waals surface area contributed by atoms with Crippen LogP contribution < -0.4 is 4.90 Å². The van der Waals surface area contributed by atoms with Gasteiger partial charge in [0.05, 0.1) is 11.1 Å². The summed E-state index contributed by atoms with van der Waals surface area (Å²) in [6, 6.07) is 91.9. The molecule has 12 aromatic rings. The molecule has 1 heterocycles. The lowest BCUT2D eigenvalue weighted by molar-refractivity contribution is 0.769. The molecule has 11 aromatic carbocycles. The SMILES string of the molecule is c1ccc(N(c2ccc(-c3ccc4ccccc4c3)cc2)c2cccc3c(-c4ccc(C5(c6ccccc6)c6ccccc6-c6c5ccc5c6sc6ccccc65)cc4)cccc23)cc1. The summed E-state index contributed by atoms with van der Waals surface area (Å²) in [7, 11) is 0. The van der Waals surface area contributed by atoms with E-state index in [1.165, 1.54) is 97.4 Å². The molecular weight excluding hydrogens is 803 g/mol. The molecule has 0 spiro atoms. The topological polar surface area (TPSA) is 3.24 Å². The summed E-state index contributed by atoms with van der Waals surface area (Å²) >= 11 is 1.92. The Bertz CT molecular complexity index is 3760. The molecule has 1 aliphatic rings. The maximum absolute atomic E-state index is 2.42. The minimum Gasteiger partial charge on any atom is -0.310 e. The molecule has 1 atom stereocenters. The molecule has 0 fully saturated rings. The fourth-order valence-electron chi connectivity index (χ4n) is 10.8. The Hall–Kier alpha value is -8.04. The van der Waals surface area contributed by atoms with Gasteiger partial charge in [0.25, 0.3) is 0 Å². The molecule has 0 bridgehead atoms. The number of rotatable bonds is 7. The first-order chi connectivity index (χ1) is 32.2. The molecule has 2 heteroatoms. The smallest absolute Gasteiger partial charge is 0.0714 e. The monoisotopic (exact) mass is 843 g/mol. The van der Waals surface area contributed by atoms with Crippen LogP contribution in [0.5, 0.6) is 0 Å². The lowest BCUT2D eigenvalue weighted by Crippen LogP contribution is -2.28. The van der Waals surface area contributed by atoms with Crippen molar-refractivity contribution in [1.82, 2.24) is 0 Å². The van der Waals surface area contributed by atoms with Crippen molar-refractivity contribution in [2.45, 2.75) is 5.41 Å². The van der Waals surface area contributed by atoms with Crippen molar-refractivity contribution in [3.63, 3.8) is 0 Å². The lowest BCUT2D eigenvalue weighted by atomic mass is 9.67. The Balaban J connectivity index is 0.935. The Morgan fingerprint density at radius 2 is 0.954 bits per heavy atom. The first-order valence-electron chi connectivity index (χ1n) is 22.4. The van der Waals surface area contributed by atoms with Crippen molar-refractivity contribution in [2.24, 2.45) is 0 Å². The second-order valence-electron chi connectivity index (χ2n) is 17.2. The molecular formula is C63H41NS. The third-order valence-corrected chi connectivity index (χ3v) is 15.0. The van der Waals surface area contributed by atoms with Crippen molar-refractivity contribution < 1.29 is 0 Å². The molecule has 13 rings (SSSR count). The molecule has 0 saturated carbocycles. The molecule has 0 saturated heterocycles. The van der Waals surface area contributed by atoms with Crippen LogP contribution in [0.3, 0.4) is 0 Å². The highest BCUT2D eigenvalue weighted by molar-refractivity contribution is 7.26. The van der Waals surface area contributed by atoms with Crippen LogP contribution in [-0.2, 0) is 5.41 Å². The zero-order valence-electron chi connectivity index (χ0n) is 35.5. The van der Waals surface area contributed by atoms with Crippen molar-refractivity contribution in [3.05, 3.63) is 271 Å². The predicted octanol–water partition coefficient (Wildman–Crippen LogP) is 17.5. The normalized spacial score (nSPS) is 14.2. The maximum atomic E-state index is 2.42. The average Bonchev–Trinajstić information content (AvgIpc) is 3.91. The van der Waals surface area contributed by atoms with Gasteiger partial charge in [0.1, 0.15) is 0 Å². The van der Waals surface area contributed by atoms with E-state index in [2.05, 4.69) is 254 Å². The van der Waals surface area contributed by atoms with Gasteiger partial charge in [-0.05, 0) is 109 Å². The highest BCUT2D eigenvalue weighted by Crippen LogP contribution is 2.59. The van der Waals surface area contributed by atoms with Gasteiger partial charge >= 0.3 is 0 Å². The van der Waals surface area contributed by atoms with Crippen LogP contribution in [0.4, 0.5) is 17.1 Å². The third-order valence-electron chi connectivity index (χ3n) is 13.7. The number of fused-ring (bicyclic) bond motifs is 9. The predicted molar refractivity (Wildman–Crippen MR) is 277 cm³/mol. The molecule has 0 N–H and O–H groups in total. The molecule has 0 aliphatic heterocycles. The Morgan fingerprint density at radius 3 is 1.80 bits per heavy atom. The van der Waals surface area contributed by atoms with E-state index < -0.39 is 5.41 Å². The van der Waals surface area contributed by atoms with Crippen LogP contribution in [0.25, 0.3) is 75.1 Å². The molecule has 0 radical (unpaired) electrons. The van der Waals surface area contributed by atoms with Crippen molar-refractivity contribution >= 4 is 70.1 Å². The Labute approximate surface area is 382 Å². The van der Waals surface area contributed by atoms with Crippen molar-refractivity contribution in [1.29, 1.82) is 0 Å². The van der Waals surface area contributed by atoms with Gasteiger partial charge in [-0.25, -0.2) is 0 Å². The van der Waals surface area contributed by atoms with Gasteiger partial charge in [-0.15, -0.1) is 11.3 Å². The van der Waals surface area contributed by atoms with Gasteiger partial charge in [0.15, 0.2) is 0 Å². The molecule has 0 amide bonds. The van der Waals surface area contributed by atoms with E-state index in [-0.39, 0.29) is 0 Å². The van der Waals surface area contributed by atoms with Gasteiger partial charge < -0.3 is 4.90 Å². The second-order valence-corrected chi connectivity index (χ2v) is 18.2. The van der Waals surface area contributed by atoms with Gasteiger partial charge in [0.2, 0.25) is 0 Å². The first-order valence-corrected chi connectivity index (χ1v) is 23.2. The van der Waals surface area contributed by atoms with Crippen LogP contribution >= 0.6 is 11.3 Å². The minimum atomic E-state index is -0.484. The highest BCUT2D eigenvalue weighted by atomic mass is 32.1. The summed E-state index contributed by atoms with van der Waals surface area (Å²) in [6.45, 7) is 0. The maximum Gasteiger partial charge on any atom is 0.0714 e. The average molecular weight is 844 g/mol. The zero-order chi connectivity index (χ0) is 42.9. The first kappa shape index (κ1) is 37.5. The number of hydrogen-bond acceptors (Lipinski definition) is 2. The molecule has 1 aliphatic carbocycles. The zero-order valence-corrected chi connectivity index (χ0v) is 36.3. The van der Waals surface area contributed by atoms with E-state index in [4.69, 9.17) is 0 Å². The van der Waals surface area contributed by atoms with Gasteiger partial charge in [-0.2, -0.15) is 0 Å².